The van der Waals surface area contributed by atoms with Gasteiger partial charge in [0.15, 0.2) is 0 Å². The number of rotatable bonds is 33. The zero-order chi connectivity index (χ0) is 32.5. The molecule has 260 valence electrons. The summed E-state index contributed by atoms with van der Waals surface area (Å²) in [7, 11) is 1.50. The van der Waals surface area contributed by atoms with Gasteiger partial charge in [-0.1, -0.05) is 201 Å². The molecular formula is C39H81NO3. The van der Waals surface area contributed by atoms with Crippen molar-refractivity contribution in [1.29, 1.82) is 0 Å². The van der Waals surface area contributed by atoms with Crippen LogP contribution in [0.1, 0.15) is 233 Å². The number of hydrogen-bond donors (Lipinski definition) is 2. The molecule has 0 fully saturated rings. The van der Waals surface area contributed by atoms with Gasteiger partial charge in [0.1, 0.15) is 5.78 Å². The van der Waals surface area contributed by atoms with Crippen LogP contribution >= 0.6 is 0 Å². The van der Waals surface area contributed by atoms with Crippen molar-refractivity contribution in [2.45, 2.75) is 233 Å². The van der Waals surface area contributed by atoms with Gasteiger partial charge in [-0.25, -0.2) is 0 Å². The number of carboxylic acids is 1. The monoisotopic (exact) mass is 612 g/mol. The molecule has 0 saturated carbocycles. The van der Waals surface area contributed by atoms with Crippen molar-refractivity contribution in [1.82, 2.24) is 0 Å². The number of hydrogen-bond acceptors (Lipinski definition) is 3. The van der Waals surface area contributed by atoms with Crippen LogP contribution in [0.5, 0.6) is 0 Å². The van der Waals surface area contributed by atoms with E-state index in [1.54, 1.807) is 0 Å². The molecule has 0 aliphatic carbocycles. The van der Waals surface area contributed by atoms with Crippen LogP contribution in [-0.4, -0.2) is 23.9 Å². The second-order valence-corrected chi connectivity index (χ2v) is 12.7. The van der Waals surface area contributed by atoms with Gasteiger partial charge in [0, 0.05) is 19.3 Å². The molecule has 0 radical (unpaired) electrons. The molecule has 0 amide bonds. The smallest absolute Gasteiger partial charge is 0.303 e. The number of carbonyl (C=O) groups is 2. The van der Waals surface area contributed by atoms with Crippen LogP contribution in [0, 0.1) is 0 Å². The largest absolute Gasteiger partial charge is 0.481 e. The molecule has 0 aliphatic rings. The molecule has 0 aliphatic heterocycles. The maximum Gasteiger partial charge on any atom is 0.303 e. The Morgan fingerprint density at radius 3 is 0.791 bits per heavy atom. The van der Waals surface area contributed by atoms with Crippen LogP contribution in [0.25, 0.3) is 0 Å². The van der Waals surface area contributed by atoms with E-state index < -0.39 is 5.97 Å². The third-order valence-corrected chi connectivity index (χ3v) is 8.45. The molecule has 0 heterocycles. The highest BCUT2D eigenvalue weighted by molar-refractivity contribution is 5.77. The van der Waals surface area contributed by atoms with Crippen LogP contribution in [0.15, 0.2) is 0 Å². The van der Waals surface area contributed by atoms with Gasteiger partial charge in [-0.05, 0) is 19.9 Å². The summed E-state index contributed by atoms with van der Waals surface area (Å²) in [6.45, 7) is 6.52. The third kappa shape index (κ3) is 51.0. The number of Topliss-reactive ketones (excluding diaryl/α,β-unsaturated/α-hetero) is 1. The molecule has 0 unspecified atom stereocenters. The van der Waals surface area contributed by atoms with E-state index in [1.807, 2.05) is 6.92 Å². The molecule has 0 atom stereocenters. The quantitative estimate of drug-likeness (QED) is 0.0723. The fourth-order valence-electron chi connectivity index (χ4n) is 5.52. The molecule has 0 aromatic carbocycles. The van der Waals surface area contributed by atoms with E-state index in [-0.39, 0.29) is 0 Å². The summed E-state index contributed by atoms with van der Waals surface area (Å²) in [5.74, 6) is -0.218. The van der Waals surface area contributed by atoms with Gasteiger partial charge >= 0.3 is 5.97 Å². The van der Waals surface area contributed by atoms with E-state index in [2.05, 4.69) is 19.6 Å². The van der Waals surface area contributed by atoms with Crippen LogP contribution in [0.2, 0.25) is 0 Å². The molecule has 0 rings (SSSR count). The highest BCUT2D eigenvalue weighted by atomic mass is 16.4. The molecule has 4 heteroatoms. The lowest BCUT2D eigenvalue weighted by Crippen LogP contribution is -1.94. The van der Waals surface area contributed by atoms with Gasteiger partial charge in [0.25, 0.3) is 0 Å². The molecule has 3 N–H and O–H groups in total. The summed E-state index contributed by atoms with van der Waals surface area (Å²) in [4.78, 5) is 21.5. The number of carbonyl (C=O) groups excluding carboxylic acids is 1. The maximum absolute atomic E-state index is 11.1. The van der Waals surface area contributed by atoms with Crippen molar-refractivity contribution < 1.29 is 14.7 Å². The fraction of sp³-hybridized carbons (Fsp3) is 0.949. The topological polar surface area (TPSA) is 80.4 Å². The molecule has 43 heavy (non-hydrogen) atoms. The molecule has 0 bridgehead atoms. The predicted octanol–water partition coefficient (Wildman–Crippen LogP) is 13.1. The summed E-state index contributed by atoms with van der Waals surface area (Å²) in [5.41, 5.74) is 4.50. The second-order valence-electron chi connectivity index (χ2n) is 12.7. The van der Waals surface area contributed by atoms with Gasteiger partial charge in [-0.15, -0.1) is 0 Å². The van der Waals surface area contributed by atoms with E-state index in [1.165, 1.54) is 180 Å². The van der Waals surface area contributed by atoms with Crippen LogP contribution in [0.3, 0.4) is 0 Å². The number of nitrogens with two attached hydrogens (primary N) is 1. The Hall–Kier alpha value is -0.900. The molecule has 4 nitrogen and oxygen atoms in total. The van der Waals surface area contributed by atoms with Crippen molar-refractivity contribution >= 4 is 11.8 Å². The number of carboxylic acid groups (broad SMARTS) is 1. The Bertz CT molecular complexity index is 509. The summed E-state index contributed by atoms with van der Waals surface area (Å²) in [5, 5.41) is 8.52. The first-order valence-electron chi connectivity index (χ1n) is 19.4. The van der Waals surface area contributed by atoms with Gasteiger partial charge in [0.05, 0.1) is 0 Å². The zero-order valence-corrected chi connectivity index (χ0v) is 30.2. The Kier molecular flexibility index (Phi) is 49.3. The fourth-order valence-corrected chi connectivity index (χ4v) is 5.52. The van der Waals surface area contributed by atoms with Crippen molar-refractivity contribution in [3.63, 3.8) is 0 Å². The zero-order valence-electron chi connectivity index (χ0n) is 30.2. The van der Waals surface area contributed by atoms with Gasteiger partial charge in [-0.2, -0.15) is 0 Å². The van der Waals surface area contributed by atoms with Gasteiger partial charge in [-0.3, -0.25) is 9.59 Å². The van der Waals surface area contributed by atoms with Gasteiger partial charge < -0.3 is 10.8 Å². The number of unbranched alkanes of at least 4 members (excludes halogenated alkanes) is 28. The highest BCUT2D eigenvalue weighted by Crippen LogP contribution is 2.15. The Balaban J connectivity index is -0.000000704. The molecular weight excluding hydrogens is 530 g/mol. The lowest BCUT2D eigenvalue weighted by atomic mass is 10.0. The lowest BCUT2D eigenvalue weighted by Gasteiger charge is -2.03. The van der Waals surface area contributed by atoms with Crippen molar-refractivity contribution in [2.75, 3.05) is 7.05 Å². The summed E-state index contributed by atoms with van der Waals surface area (Å²) < 4.78 is 0. The predicted molar refractivity (Wildman–Crippen MR) is 192 cm³/mol. The lowest BCUT2D eigenvalue weighted by molar-refractivity contribution is -0.137. The summed E-state index contributed by atoms with van der Waals surface area (Å²) in [6, 6.07) is 0. The van der Waals surface area contributed by atoms with Crippen molar-refractivity contribution in [2.24, 2.45) is 5.73 Å². The van der Waals surface area contributed by atoms with Crippen LogP contribution < -0.4 is 5.73 Å². The molecule has 0 spiro atoms. The minimum Gasteiger partial charge on any atom is -0.481 e. The van der Waals surface area contributed by atoms with E-state index in [0.717, 1.165) is 32.1 Å². The Labute approximate surface area is 271 Å². The maximum atomic E-state index is 11.1. The van der Waals surface area contributed by atoms with Crippen molar-refractivity contribution in [3.05, 3.63) is 0 Å². The Morgan fingerprint density at radius 2 is 0.581 bits per heavy atom. The van der Waals surface area contributed by atoms with Gasteiger partial charge in [0.2, 0.25) is 0 Å². The average molecular weight is 612 g/mol. The first-order chi connectivity index (χ1) is 21.1. The SMILES string of the molecule is CCCCCCCCCCCCCCCCCC(=O)CC.CCCCCCCCCCCCCCCCCC(=O)O.CN. The molecule has 0 aromatic rings. The number of ketones is 1. The highest BCUT2D eigenvalue weighted by Gasteiger charge is 1.99. The van der Waals surface area contributed by atoms with Crippen LogP contribution in [0.4, 0.5) is 0 Å². The third-order valence-electron chi connectivity index (χ3n) is 8.45. The minimum atomic E-state index is -0.653. The Morgan fingerprint density at radius 1 is 0.372 bits per heavy atom. The molecule has 0 saturated heterocycles. The van der Waals surface area contributed by atoms with E-state index in [9.17, 15) is 9.59 Å². The van der Waals surface area contributed by atoms with E-state index in [4.69, 9.17) is 5.11 Å². The van der Waals surface area contributed by atoms with E-state index >= 15 is 0 Å². The standard InChI is InChI=1S/C20H40O.C18H36O2.CH5N/c1-3-5-6-7-8-9-10-11-12-13-14-15-16-17-18-19-20(21)4-2;1-2-3-4-5-6-7-8-9-10-11-12-13-14-15-16-17-18(19)20;1-2/h3-19H2,1-2H3;2-17H2,1H3,(H,19,20);2H2,1H3. The summed E-state index contributed by atoms with van der Waals surface area (Å²) in [6.07, 6.45) is 42.5. The van der Waals surface area contributed by atoms with Crippen molar-refractivity contribution in [3.8, 4) is 0 Å². The normalized spacial score (nSPS) is 10.5. The second kappa shape index (κ2) is 45.5. The average Bonchev–Trinajstić information content (AvgIpc) is 3.02. The first-order valence-corrected chi connectivity index (χ1v) is 19.4. The molecule has 0 aromatic heterocycles. The minimum absolute atomic E-state index is 0.345. The van der Waals surface area contributed by atoms with E-state index in [0.29, 0.717) is 12.2 Å². The summed E-state index contributed by atoms with van der Waals surface area (Å²) >= 11 is 0. The van der Waals surface area contributed by atoms with Crippen LogP contribution in [-0.2, 0) is 9.59 Å². The number of aliphatic carboxylic acids is 1. The first kappa shape index (κ1) is 46.5.